The molecule has 0 nitrogen and oxygen atoms in total. The summed E-state index contributed by atoms with van der Waals surface area (Å²) in [5.74, 6) is 13.4. The van der Waals surface area contributed by atoms with Crippen LogP contribution in [0.5, 0.6) is 0 Å². The van der Waals surface area contributed by atoms with Crippen molar-refractivity contribution in [3.8, 4) is 0 Å². The lowest BCUT2D eigenvalue weighted by Gasteiger charge is -2.57. The molecule has 0 bridgehead atoms. The molecular weight excluding hydrogens is 439 g/mol. The van der Waals surface area contributed by atoms with Gasteiger partial charge in [0, 0.05) is 0 Å². The highest BCUT2D eigenvalue weighted by molar-refractivity contribution is 5.22. The summed E-state index contributed by atoms with van der Waals surface area (Å²) >= 11 is 0. The molecule has 0 heterocycles. The van der Waals surface area contributed by atoms with E-state index in [1.807, 2.05) is 0 Å². The maximum absolute atomic E-state index is 14.0. The lowest BCUT2D eigenvalue weighted by atomic mass is 9.48. The first kappa shape index (κ1) is 25.9. The van der Waals surface area contributed by atoms with Crippen molar-refractivity contribution in [2.24, 2.45) is 82.9 Å². The lowest BCUT2D eigenvalue weighted by Crippen LogP contribution is -2.50. The van der Waals surface area contributed by atoms with Crippen LogP contribution >= 0.6 is 0 Å². The average Bonchev–Trinajstić information content (AvgIpc) is 3.31. The Kier molecular flexibility index (Phi) is 7.44. The van der Waals surface area contributed by atoms with Crippen molar-refractivity contribution in [2.45, 2.75) is 124 Å². The normalized spacial score (nSPS) is 53.8. The van der Waals surface area contributed by atoms with Gasteiger partial charge in [0.25, 0.3) is 0 Å². The van der Waals surface area contributed by atoms with Crippen molar-refractivity contribution in [3.63, 3.8) is 0 Å². The molecule has 1 heteroatoms. The molecule has 204 valence electrons. The molecule has 6 aliphatic rings. The monoisotopic (exact) mass is 496 g/mol. The maximum Gasteiger partial charge on any atom is 0.0973 e. The van der Waals surface area contributed by atoms with E-state index in [0.29, 0.717) is 5.92 Å². The number of hydrogen-bond acceptors (Lipinski definition) is 0. The van der Waals surface area contributed by atoms with E-state index in [0.717, 1.165) is 96.2 Å². The minimum Gasteiger partial charge on any atom is -0.248 e. The third-order valence-corrected chi connectivity index (χ3v) is 13.9. The van der Waals surface area contributed by atoms with E-state index in [-0.39, 0.29) is 0 Å². The van der Waals surface area contributed by atoms with Crippen LogP contribution in [0.2, 0.25) is 0 Å². The minimum absolute atomic E-state index is 0.647. The van der Waals surface area contributed by atoms with Crippen LogP contribution in [0.15, 0.2) is 11.6 Å². The number of hydrogen-bond donors (Lipinski definition) is 0. The van der Waals surface area contributed by atoms with E-state index in [1.165, 1.54) is 38.5 Å². The fraction of sp³-hybridized carbons (Fsp3) is 0.943. The fourth-order valence-electron chi connectivity index (χ4n) is 12.8. The highest BCUT2D eigenvalue weighted by Crippen LogP contribution is 2.67. The zero-order valence-electron chi connectivity index (χ0n) is 24.3. The van der Waals surface area contributed by atoms with Crippen molar-refractivity contribution < 1.29 is 4.39 Å². The minimum atomic E-state index is -0.647. The molecule has 0 aromatic carbocycles. The molecule has 0 amide bonds. The van der Waals surface area contributed by atoms with Gasteiger partial charge < -0.3 is 0 Å². The van der Waals surface area contributed by atoms with E-state index in [4.69, 9.17) is 0 Å². The van der Waals surface area contributed by atoms with Crippen LogP contribution < -0.4 is 0 Å². The first-order valence-corrected chi connectivity index (χ1v) is 16.8. The van der Waals surface area contributed by atoms with Gasteiger partial charge in [-0.3, -0.25) is 0 Å². The Morgan fingerprint density at radius 2 is 1.56 bits per heavy atom. The summed E-state index contributed by atoms with van der Waals surface area (Å²) in [6, 6.07) is 0. The zero-order chi connectivity index (χ0) is 25.1. The van der Waals surface area contributed by atoms with Crippen molar-refractivity contribution in [1.82, 2.24) is 0 Å². The largest absolute Gasteiger partial charge is 0.248 e. The van der Waals surface area contributed by atoms with Gasteiger partial charge in [-0.1, -0.05) is 58.6 Å². The summed E-state index contributed by atoms with van der Waals surface area (Å²) in [6.07, 6.45) is 20.1. The predicted molar refractivity (Wildman–Crippen MR) is 150 cm³/mol. The number of allylic oxidation sites excluding steroid dienone is 2. The Morgan fingerprint density at radius 1 is 0.806 bits per heavy atom. The summed E-state index contributed by atoms with van der Waals surface area (Å²) in [5.41, 5.74) is 1.74. The van der Waals surface area contributed by atoms with E-state index in [9.17, 15) is 4.39 Å². The van der Waals surface area contributed by atoms with Crippen molar-refractivity contribution in [1.29, 1.82) is 0 Å². The number of alkyl halides is 1. The molecule has 0 radical (unpaired) electrons. The van der Waals surface area contributed by atoms with Gasteiger partial charge in [-0.25, -0.2) is 4.39 Å². The Labute approximate surface area is 223 Å². The number of rotatable bonds is 5. The second-order valence-electron chi connectivity index (χ2n) is 15.0. The number of fused-ring (bicyclic) bond motifs is 7. The summed E-state index contributed by atoms with van der Waals surface area (Å²) in [5, 5.41) is 0. The summed E-state index contributed by atoms with van der Waals surface area (Å²) in [4.78, 5) is 0. The molecule has 15 unspecified atom stereocenters. The average molecular weight is 497 g/mol. The molecule has 6 saturated carbocycles. The predicted octanol–water partition coefficient (Wildman–Crippen LogP) is 10.1. The molecule has 6 aliphatic carbocycles. The van der Waals surface area contributed by atoms with Crippen LogP contribution in [0.1, 0.15) is 118 Å². The summed E-state index contributed by atoms with van der Waals surface area (Å²) < 4.78 is 14.0. The SMILES string of the molecule is CC/C=C1\C(C)C2CC3CCC4C(CC5C6CCCCC6C(C)C5C4CC)C3CC2C1CCC(C)F. The summed E-state index contributed by atoms with van der Waals surface area (Å²) in [6.45, 7) is 11.9. The third kappa shape index (κ3) is 4.10. The quantitative estimate of drug-likeness (QED) is 0.332. The van der Waals surface area contributed by atoms with Gasteiger partial charge in [0.05, 0.1) is 6.17 Å². The Morgan fingerprint density at radius 3 is 2.28 bits per heavy atom. The van der Waals surface area contributed by atoms with Crippen molar-refractivity contribution in [3.05, 3.63) is 11.6 Å². The van der Waals surface area contributed by atoms with Crippen molar-refractivity contribution >= 4 is 0 Å². The molecule has 0 aromatic heterocycles. The highest BCUT2D eigenvalue weighted by Gasteiger charge is 2.60. The second-order valence-corrected chi connectivity index (χ2v) is 15.0. The van der Waals surface area contributed by atoms with Crippen LogP contribution in [0.3, 0.4) is 0 Å². The zero-order valence-corrected chi connectivity index (χ0v) is 24.3. The first-order valence-electron chi connectivity index (χ1n) is 16.8. The molecule has 0 saturated heterocycles. The van der Waals surface area contributed by atoms with E-state index in [2.05, 4.69) is 33.8 Å². The molecule has 0 spiro atoms. The van der Waals surface area contributed by atoms with Gasteiger partial charge in [0.15, 0.2) is 0 Å². The van der Waals surface area contributed by atoms with Gasteiger partial charge in [-0.2, -0.15) is 0 Å². The van der Waals surface area contributed by atoms with E-state index in [1.54, 1.807) is 38.2 Å². The highest BCUT2D eigenvalue weighted by atomic mass is 19.1. The molecular formula is C35H57F. The summed E-state index contributed by atoms with van der Waals surface area (Å²) in [7, 11) is 0. The number of halogens is 1. The molecule has 0 N–H and O–H groups in total. The fourth-order valence-corrected chi connectivity index (χ4v) is 12.8. The van der Waals surface area contributed by atoms with Gasteiger partial charge in [0.1, 0.15) is 0 Å². The smallest absolute Gasteiger partial charge is 0.0973 e. The molecule has 36 heavy (non-hydrogen) atoms. The third-order valence-electron chi connectivity index (χ3n) is 13.9. The topological polar surface area (TPSA) is 0 Å². The maximum atomic E-state index is 14.0. The molecule has 6 rings (SSSR count). The van der Waals surface area contributed by atoms with Gasteiger partial charge in [0.2, 0.25) is 0 Å². The molecule has 0 aliphatic heterocycles. The van der Waals surface area contributed by atoms with Crippen molar-refractivity contribution in [2.75, 3.05) is 0 Å². The molecule has 15 atom stereocenters. The Hall–Kier alpha value is -0.330. The first-order chi connectivity index (χ1) is 17.4. The Bertz CT molecular complexity index is 796. The van der Waals surface area contributed by atoms with Gasteiger partial charge in [-0.15, -0.1) is 0 Å². The van der Waals surface area contributed by atoms with Crippen LogP contribution in [0.4, 0.5) is 4.39 Å². The van der Waals surface area contributed by atoms with Crippen LogP contribution in [-0.2, 0) is 0 Å². The van der Waals surface area contributed by atoms with E-state index < -0.39 is 6.17 Å². The molecule has 6 fully saturated rings. The lowest BCUT2D eigenvalue weighted by molar-refractivity contribution is -0.0813. The molecule has 0 aromatic rings. The van der Waals surface area contributed by atoms with Crippen LogP contribution in [0.25, 0.3) is 0 Å². The van der Waals surface area contributed by atoms with E-state index >= 15 is 0 Å². The Balaban J connectivity index is 1.28. The van der Waals surface area contributed by atoms with Gasteiger partial charge >= 0.3 is 0 Å². The van der Waals surface area contributed by atoms with Crippen LogP contribution in [-0.4, -0.2) is 6.17 Å². The second kappa shape index (κ2) is 10.3. The standard InChI is InChI=1S/C35H57F/c1-6-10-25-21(4)30-17-23-14-16-28-24(7-2)35-22(5)26-11-8-9-12-27(26)34(35)19-33(28)31(23)18-32(30)29(25)15-13-20(3)36/h10,20-24,26-35H,6-9,11-19H2,1-5H3/b25-10+. The van der Waals surface area contributed by atoms with Gasteiger partial charge in [-0.05, 0) is 154 Å². The van der Waals surface area contributed by atoms with Crippen LogP contribution in [0, 0.1) is 82.9 Å².